The van der Waals surface area contributed by atoms with Gasteiger partial charge in [0.05, 0.1) is 0 Å². The highest BCUT2D eigenvalue weighted by Crippen LogP contribution is 2.08. The molecule has 90 valence electrons. The lowest BCUT2D eigenvalue weighted by Crippen LogP contribution is -2.29. The van der Waals surface area contributed by atoms with E-state index >= 15 is 0 Å². The lowest BCUT2D eigenvalue weighted by Gasteiger charge is -2.09. The summed E-state index contributed by atoms with van der Waals surface area (Å²) in [5.74, 6) is -0.950. The minimum atomic E-state index is -1.39. The van der Waals surface area contributed by atoms with Gasteiger partial charge in [-0.3, -0.25) is 14.9 Å². The highest BCUT2D eigenvalue weighted by Gasteiger charge is 2.24. The van der Waals surface area contributed by atoms with Crippen molar-refractivity contribution in [2.75, 3.05) is 13.7 Å². The molecule has 0 aromatic heterocycles. The number of nitrogens with two attached hydrogens (primary N) is 1. The van der Waals surface area contributed by atoms with Crippen molar-refractivity contribution in [3.8, 4) is 0 Å². The van der Waals surface area contributed by atoms with Crippen molar-refractivity contribution >= 4 is 5.91 Å². The summed E-state index contributed by atoms with van der Waals surface area (Å²) in [6, 6.07) is -2.51. The van der Waals surface area contributed by atoms with E-state index < -0.39 is 22.9 Å². The quantitative estimate of drug-likeness (QED) is 0.282. The molecular formula is C8H13N3O5. The third-order valence-electron chi connectivity index (χ3n) is 1.93. The summed E-state index contributed by atoms with van der Waals surface area (Å²) in [6.45, 7) is 1.26. The first-order valence-electron chi connectivity index (χ1n) is 4.36. The van der Waals surface area contributed by atoms with Crippen LogP contribution in [0.3, 0.4) is 0 Å². The molecule has 0 aromatic carbocycles. The van der Waals surface area contributed by atoms with Gasteiger partial charge in [-0.1, -0.05) is 5.18 Å². The van der Waals surface area contributed by atoms with Crippen LogP contribution in [0, 0.1) is 15.0 Å². The van der Waals surface area contributed by atoms with Gasteiger partial charge in [0.15, 0.2) is 6.04 Å². The number of nitrogens with zero attached hydrogens (tertiary/aromatic N) is 2. The fourth-order valence-corrected chi connectivity index (χ4v) is 1.04. The molecule has 0 spiro atoms. The number of amides is 1. The molecule has 0 fully saturated rings. The third kappa shape index (κ3) is 4.13. The van der Waals surface area contributed by atoms with E-state index in [2.05, 4.69) is 9.91 Å². The SMILES string of the molecule is COCC(C(C)=CC(N=O)C(N)=O)[N+](=O)[O-]. The summed E-state index contributed by atoms with van der Waals surface area (Å²) < 4.78 is 4.65. The van der Waals surface area contributed by atoms with E-state index in [1.165, 1.54) is 14.0 Å². The van der Waals surface area contributed by atoms with Gasteiger partial charge in [0.2, 0.25) is 5.91 Å². The lowest BCUT2D eigenvalue weighted by atomic mass is 10.1. The van der Waals surface area contributed by atoms with Crippen LogP contribution in [-0.4, -0.2) is 36.6 Å². The summed E-state index contributed by atoms with van der Waals surface area (Å²) in [4.78, 5) is 31.0. The predicted octanol–water partition coefficient (Wildman–Crippen LogP) is -0.155. The van der Waals surface area contributed by atoms with Gasteiger partial charge in [0.25, 0.3) is 6.04 Å². The maximum Gasteiger partial charge on any atom is 0.256 e. The fourth-order valence-electron chi connectivity index (χ4n) is 1.04. The molecule has 0 aliphatic heterocycles. The number of ether oxygens (including phenoxy) is 1. The summed E-state index contributed by atoms with van der Waals surface area (Å²) in [6.07, 6.45) is 1.07. The predicted molar refractivity (Wildman–Crippen MR) is 55.2 cm³/mol. The number of carbonyl (C=O) groups is 1. The Morgan fingerprint density at radius 2 is 2.25 bits per heavy atom. The minimum Gasteiger partial charge on any atom is -0.377 e. The van der Waals surface area contributed by atoms with E-state index in [1.54, 1.807) is 0 Å². The van der Waals surface area contributed by atoms with Gasteiger partial charge in [0.1, 0.15) is 6.61 Å². The van der Waals surface area contributed by atoms with Gasteiger partial charge in [-0.05, 0) is 13.0 Å². The van der Waals surface area contributed by atoms with Gasteiger partial charge >= 0.3 is 0 Å². The number of nitro groups is 1. The van der Waals surface area contributed by atoms with Crippen LogP contribution in [-0.2, 0) is 9.53 Å². The summed E-state index contributed by atoms with van der Waals surface area (Å²) >= 11 is 0. The van der Waals surface area contributed by atoms with Gasteiger partial charge in [0, 0.05) is 17.6 Å². The third-order valence-corrected chi connectivity index (χ3v) is 1.93. The number of primary amides is 1. The Kier molecular flexibility index (Phi) is 5.86. The molecule has 2 N–H and O–H groups in total. The zero-order valence-corrected chi connectivity index (χ0v) is 8.95. The highest BCUT2D eigenvalue weighted by atomic mass is 16.6. The van der Waals surface area contributed by atoms with Crippen molar-refractivity contribution in [2.45, 2.75) is 19.0 Å². The Morgan fingerprint density at radius 3 is 2.56 bits per heavy atom. The molecule has 2 unspecified atom stereocenters. The second-order valence-corrected chi connectivity index (χ2v) is 3.12. The average molecular weight is 231 g/mol. The molecule has 0 rings (SSSR count). The lowest BCUT2D eigenvalue weighted by molar-refractivity contribution is -0.515. The first kappa shape index (κ1) is 14.2. The van der Waals surface area contributed by atoms with E-state index in [0.29, 0.717) is 0 Å². The Hall–Kier alpha value is -1.83. The second-order valence-electron chi connectivity index (χ2n) is 3.12. The van der Waals surface area contributed by atoms with Crippen molar-refractivity contribution in [2.24, 2.45) is 10.9 Å². The molecule has 0 saturated heterocycles. The molecule has 0 radical (unpaired) electrons. The minimum absolute atomic E-state index is 0.153. The van der Waals surface area contributed by atoms with Gasteiger partial charge in [-0.25, -0.2) is 0 Å². The van der Waals surface area contributed by atoms with E-state index in [-0.39, 0.29) is 12.2 Å². The van der Waals surface area contributed by atoms with Crippen LogP contribution in [0.4, 0.5) is 0 Å². The smallest absolute Gasteiger partial charge is 0.256 e. The number of hydrogen-bond donors (Lipinski definition) is 1. The summed E-state index contributed by atoms with van der Waals surface area (Å²) in [7, 11) is 1.31. The molecule has 0 bridgehead atoms. The topological polar surface area (TPSA) is 125 Å². The van der Waals surface area contributed by atoms with Crippen LogP contribution in [0.2, 0.25) is 0 Å². The molecule has 16 heavy (non-hydrogen) atoms. The number of methoxy groups -OCH3 is 1. The molecule has 0 aromatic rings. The number of hydrogen-bond acceptors (Lipinski definition) is 6. The first-order valence-corrected chi connectivity index (χ1v) is 4.36. The molecule has 0 aliphatic rings. The maximum atomic E-state index is 10.7. The number of nitroso groups, excluding NO2 is 1. The van der Waals surface area contributed by atoms with Gasteiger partial charge in [-0.2, -0.15) is 0 Å². The van der Waals surface area contributed by atoms with Crippen LogP contribution in [0.1, 0.15) is 6.92 Å². The highest BCUT2D eigenvalue weighted by molar-refractivity contribution is 5.82. The number of rotatable bonds is 7. The normalized spacial score (nSPS) is 15.2. The Balaban J connectivity index is 4.89. The molecule has 8 nitrogen and oxygen atoms in total. The van der Waals surface area contributed by atoms with Crippen molar-refractivity contribution in [1.82, 2.24) is 0 Å². The van der Waals surface area contributed by atoms with Crippen LogP contribution in [0.5, 0.6) is 0 Å². The van der Waals surface area contributed by atoms with Crippen molar-refractivity contribution in [1.29, 1.82) is 0 Å². The molecule has 2 atom stereocenters. The standard InChI is InChI=1S/C8H13N3O5/c1-5(3-6(10-13)8(9)12)7(4-16-2)11(14)15/h3,6-7H,4H2,1-2H3,(H2,9,12). The van der Waals surface area contributed by atoms with Crippen LogP contribution in [0.25, 0.3) is 0 Å². The molecule has 0 heterocycles. The van der Waals surface area contributed by atoms with Crippen molar-refractivity contribution in [3.63, 3.8) is 0 Å². The largest absolute Gasteiger partial charge is 0.377 e. The second kappa shape index (κ2) is 6.62. The van der Waals surface area contributed by atoms with Gasteiger partial charge in [-0.15, -0.1) is 4.91 Å². The van der Waals surface area contributed by atoms with Crippen LogP contribution >= 0.6 is 0 Å². The molecule has 0 aliphatic carbocycles. The Labute approximate surface area is 91.6 Å². The molecular weight excluding hydrogens is 218 g/mol. The molecule has 0 saturated carbocycles. The van der Waals surface area contributed by atoms with Gasteiger partial charge < -0.3 is 10.5 Å². The Morgan fingerprint density at radius 1 is 1.69 bits per heavy atom. The average Bonchev–Trinajstić information content (AvgIpc) is 2.21. The maximum absolute atomic E-state index is 10.7. The molecule has 1 amide bonds. The zero-order chi connectivity index (χ0) is 12.7. The van der Waals surface area contributed by atoms with Crippen molar-refractivity contribution < 1.29 is 14.5 Å². The van der Waals surface area contributed by atoms with E-state index in [4.69, 9.17) is 5.73 Å². The first-order chi connectivity index (χ1) is 7.43. The zero-order valence-electron chi connectivity index (χ0n) is 8.95. The van der Waals surface area contributed by atoms with Crippen molar-refractivity contribution in [3.05, 3.63) is 26.7 Å². The molecule has 8 heteroatoms. The number of carbonyl (C=O) groups excluding carboxylic acids is 1. The summed E-state index contributed by atoms with van der Waals surface area (Å²) in [5, 5.41) is 13.1. The van der Waals surface area contributed by atoms with Crippen LogP contribution < -0.4 is 5.73 Å². The van der Waals surface area contributed by atoms with E-state index in [0.717, 1.165) is 6.08 Å². The van der Waals surface area contributed by atoms with Crippen LogP contribution in [0.15, 0.2) is 16.8 Å². The fraction of sp³-hybridized carbons (Fsp3) is 0.625. The van der Waals surface area contributed by atoms with E-state index in [1.807, 2.05) is 0 Å². The Bertz CT molecular complexity index is 315. The van der Waals surface area contributed by atoms with E-state index in [9.17, 15) is 19.8 Å². The monoisotopic (exact) mass is 231 g/mol. The summed E-state index contributed by atoms with van der Waals surface area (Å²) in [5.41, 5.74) is 5.07.